The molecule has 3 nitrogen and oxygen atoms in total. The molecule has 1 unspecified atom stereocenters. The van der Waals surface area contributed by atoms with Gasteiger partial charge in [-0.1, -0.05) is 13.5 Å². The molecular formula is C11H20N2O. The highest BCUT2D eigenvalue weighted by Gasteiger charge is 2.49. The number of likely N-dealkylation sites (N-methyl/N-ethyl adjacent to an activating group) is 1. The average Bonchev–Trinajstić information content (AvgIpc) is 2.85. The van der Waals surface area contributed by atoms with Gasteiger partial charge in [-0.15, -0.1) is 0 Å². The van der Waals surface area contributed by atoms with Crippen LogP contribution in [0, 0.1) is 5.41 Å². The van der Waals surface area contributed by atoms with Gasteiger partial charge in [0.1, 0.15) is 0 Å². The normalized spacial score (nSPS) is 20.3. The van der Waals surface area contributed by atoms with Crippen molar-refractivity contribution in [1.82, 2.24) is 10.2 Å². The van der Waals surface area contributed by atoms with E-state index in [0.717, 1.165) is 12.1 Å². The largest absolute Gasteiger partial charge is 0.331 e. The first-order chi connectivity index (χ1) is 6.57. The summed E-state index contributed by atoms with van der Waals surface area (Å²) in [6.45, 7) is 6.14. The van der Waals surface area contributed by atoms with Gasteiger partial charge in [0, 0.05) is 5.70 Å². The Morgan fingerprint density at radius 1 is 1.64 bits per heavy atom. The Morgan fingerprint density at radius 2 is 2.21 bits per heavy atom. The number of nitrogens with one attached hydrogen (secondary N) is 1. The van der Waals surface area contributed by atoms with Crippen molar-refractivity contribution in [2.75, 3.05) is 14.1 Å². The summed E-state index contributed by atoms with van der Waals surface area (Å²) in [6.07, 6.45) is 4.35. The Kier molecular flexibility index (Phi) is 3.32. The zero-order valence-corrected chi connectivity index (χ0v) is 9.34. The van der Waals surface area contributed by atoms with Crippen LogP contribution < -0.4 is 5.32 Å². The molecule has 0 heterocycles. The number of hydrogen-bond donors (Lipinski definition) is 1. The van der Waals surface area contributed by atoms with Crippen molar-refractivity contribution in [2.45, 2.75) is 32.2 Å². The van der Waals surface area contributed by atoms with Crippen LogP contribution in [-0.4, -0.2) is 31.4 Å². The van der Waals surface area contributed by atoms with Crippen LogP contribution in [0.25, 0.3) is 0 Å². The topological polar surface area (TPSA) is 32.3 Å². The zero-order chi connectivity index (χ0) is 10.8. The molecule has 1 aliphatic rings. The molecule has 0 aromatic carbocycles. The highest BCUT2D eigenvalue weighted by atomic mass is 16.1. The van der Waals surface area contributed by atoms with E-state index in [4.69, 9.17) is 0 Å². The predicted molar refractivity (Wildman–Crippen MR) is 57.8 cm³/mol. The van der Waals surface area contributed by atoms with Crippen molar-refractivity contribution in [2.24, 2.45) is 5.41 Å². The summed E-state index contributed by atoms with van der Waals surface area (Å²) in [6, 6.07) is 0.276. The third kappa shape index (κ3) is 1.98. The second-order valence-electron chi connectivity index (χ2n) is 4.37. The molecule has 80 valence electrons. The predicted octanol–water partition coefficient (Wildman–Crippen LogP) is 1.37. The van der Waals surface area contributed by atoms with Gasteiger partial charge in [-0.2, -0.15) is 0 Å². The Bertz CT molecular complexity index is 231. The van der Waals surface area contributed by atoms with Crippen LogP contribution in [0.15, 0.2) is 12.3 Å². The van der Waals surface area contributed by atoms with Gasteiger partial charge in [0.05, 0.1) is 6.04 Å². The highest BCUT2D eigenvalue weighted by molar-refractivity contribution is 5.50. The van der Waals surface area contributed by atoms with Gasteiger partial charge in [0.2, 0.25) is 6.41 Å². The van der Waals surface area contributed by atoms with E-state index in [1.54, 1.807) is 0 Å². The molecule has 1 rings (SSSR count). The van der Waals surface area contributed by atoms with Gasteiger partial charge in [0.25, 0.3) is 0 Å². The van der Waals surface area contributed by atoms with E-state index in [0.29, 0.717) is 11.8 Å². The molecule has 0 radical (unpaired) electrons. The molecule has 0 aliphatic heterocycles. The van der Waals surface area contributed by atoms with E-state index in [1.165, 1.54) is 12.8 Å². The lowest BCUT2D eigenvalue weighted by Gasteiger charge is -2.33. The molecule has 14 heavy (non-hydrogen) atoms. The van der Waals surface area contributed by atoms with Crippen LogP contribution in [0.2, 0.25) is 0 Å². The molecule has 1 saturated carbocycles. The number of nitrogens with zero attached hydrogens (tertiary/aromatic N) is 1. The van der Waals surface area contributed by atoms with Crippen LogP contribution in [0.3, 0.4) is 0 Å². The number of amides is 1. The molecule has 1 atom stereocenters. The molecule has 0 bridgehead atoms. The second kappa shape index (κ2) is 4.13. The minimum Gasteiger partial charge on any atom is -0.331 e. The maximum atomic E-state index is 10.4. The number of carbonyl (C=O) groups is 1. The molecule has 1 amide bonds. The van der Waals surface area contributed by atoms with Crippen molar-refractivity contribution in [3.05, 3.63) is 12.3 Å². The lowest BCUT2D eigenvalue weighted by Crippen LogP contribution is -2.41. The summed E-state index contributed by atoms with van der Waals surface area (Å²) in [4.78, 5) is 12.5. The summed E-state index contributed by atoms with van der Waals surface area (Å²) in [5, 5.41) is 2.69. The summed E-state index contributed by atoms with van der Waals surface area (Å²) in [7, 11) is 4.08. The van der Waals surface area contributed by atoms with Gasteiger partial charge in [-0.3, -0.25) is 4.79 Å². The highest BCUT2D eigenvalue weighted by Crippen LogP contribution is 2.54. The summed E-state index contributed by atoms with van der Waals surface area (Å²) >= 11 is 0. The first-order valence-corrected chi connectivity index (χ1v) is 5.13. The minimum atomic E-state index is 0.276. The van der Waals surface area contributed by atoms with E-state index in [9.17, 15) is 4.79 Å². The van der Waals surface area contributed by atoms with E-state index in [-0.39, 0.29) is 6.04 Å². The van der Waals surface area contributed by atoms with Crippen LogP contribution in [-0.2, 0) is 4.79 Å². The SMILES string of the molecule is C=C(NC=O)C(N(C)C)C1(CC)CC1. The Morgan fingerprint density at radius 3 is 2.50 bits per heavy atom. The Labute approximate surface area is 86.2 Å². The van der Waals surface area contributed by atoms with Crippen LogP contribution in [0.1, 0.15) is 26.2 Å². The Balaban J connectivity index is 2.74. The number of hydrogen-bond acceptors (Lipinski definition) is 2. The van der Waals surface area contributed by atoms with Crippen LogP contribution >= 0.6 is 0 Å². The van der Waals surface area contributed by atoms with E-state index in [2.05, 4.69) is 23.7 Å². The van der Waals surface area contributed by atoms with Crippen LogP contribution in [0.5, 0.6) is 0 Å². The smallest absolute Gasteiger partial charge is 0.211 e. The summed E-state index contributed by atoms with van der Waals surface area (Å²) < 4.78 is 0. The molecule has 0 spiro atoms. The van der Waals surface area contributed by atoms with Gasteiger partial charge >= 0.3 is 0 Å². The molecule has 0 aromatic rings. The maximum absolute atomic E-state index is 10.4. The van der Waals surface area contributed by atoms with Crippen molar-refractivity contribution >= 4 is 6.41 Å². The molecule has 1 fully saturated rings. The second-order valence-corrected chi connectivity index (χ2v) is 4.37. The van der Waals surface area contributed by atoms with E-state index >= 15 is 0 Å². The molecule has 0 saturated heterocycles. The van der Waals surface area contributed by atoms with Crippen LogP contribution in [0.4, 0.5) is 0 Å². The molecular weight excluding hydrogens is 176 g/mol. The third-order valence-corrected chi connectivity index (χ3v) is 3.27. The number of carbonyl (C=O) groups excluding carboxylic acids is 1. The van der Waals surface area contributed by atoms with E-state index < -0.39 is 0 Å². The fourth-order valence-corrected chi connectivity index (χ4v) is 2.36. The maximum Gasteiger partial charge on any atom is 0.211 e. The Hall–Kier alpha value is -0.830. The van der Waals surface area contributed by atoms with Gasteiger partial charge < -0.3 is 10.2 Å². The van der Waals surface area contributed by atoms with Crippen molar-refractivity contribution in [3.8, 4) is 0 Å². The average molecular weight is 196 g/mol. The first kappa shape index (κ1) is 11.2. The van der Waals surface area contributed by atoms with Gasteiger partial charge in [-0.25, -0.2) is 0 Å². The van der Waals surface area contributed by atoms with Crippen molar-refractivity contribution in [3.63, 3.8) is 0 Å². The van der Waals surface area contributed by atoms with Crippen molar-refractivity contribution in [1.29, 1.82) is 0 Å². The summed E-state index contributed by atoms with van der Waals surface area (Å²) in [5.41, 5.74) is 1.18. The molecule has 1 aliphatic carbocycles. The van der Waals surface area contributed by atoms with Gasteiger partial charge in [0.15, 0.2) is 0 Å². The number of rotatable bonds is 6. The minimum absolute atomic E-state index is 0.276. The lowest BCUT2D eigenvalue weighted by molar-refractivity contribution is -0.109. The first-order valence-electron chi connectivity index (χ1n) is 5.13. The molecule has 0 aromatic heterocycles. The summed E-state index contributed by atoms with van der Waals surface area (Å²) in [5.74, 6) is 0. The fraction of sp³-hybridized carbons (Fsp3) is 0.727. The fourth-order valence-electron chi connectivity index (χ4n) is 2.36. The third-order valence-electron chi connectivity index (χ3n) is 3.27. The molecule has 1 N–H and O–H groups in total. The quantitative estimate of drug-likeness (QED) is 0.651. The zero-order valence-electron chi connectivity index (χ0n) is 9.34. The van der Waals surface area contributed by atoms with Gasteiger partial charge in [-0.05, 0) is 38.8 Å². The van der Waals surface area contributed by atoms with E-state index in [1.807, 2.05) is 14.1 Å². The monoisotopic (exact) mass is 196 g/mol. The van der Waals surface area contributed by atoms with Crippen molar-refractivity contribution < 1.29 is 4.79 Å². The molecule has 3 heteroatoms. The lowest BCUT2D eigenvalue weighted by atomic mass is 9.90. The standard InChI is InChI=1S/C11H20N2O/c1-5-11(6-7-11)10(13(3)4)9(2)12-8-14/h8,10H,2,5-7H2,1,3-4H3,(H,12,14).